The lowest BCUT2D eigenvalue weighted by Gasteiger charge is -2.34. The van der Waals surface area contributed by atoms with E-state index in [-0.39, 0.29) is 35.8 Å². The number of halogens is 3. The first-order valence-corrected chi connectivity index (χ1v) is 8.06. The molecule has 2 N–H and O–H groups in total. The quantitative estimate of drug-likeness (QED) is 0.875. The van der Waals surface area contributed by atoms with Crippen LogP contribution in [-0.2, 0) is 4.79 Å². The maximum Gasteiger partial charge on any atom is 0.256 e. The van der Waals surface area contributed by atoms with Crippen molar-refractivity contribution in [3.05, 3.63) is 35.4 Å². The second kappa shape index (κ2) is 9.10. The Bertz CT molecular complexity index is 622. The van der Waals surface area contributed by atoms with Crippen LogP contribution in [0.5, 0.6) is 0 Å². The number of hydrogen-bond acceptors (Lipinski definition) is 3. The Balaban J connectivity index is 0.00000312. The number of amides is 2. The molecule has 1 atom stereocenters. The molecule has 140 valence electrons. The van der Waals surface area contributed by atoms with Crippen molar-refractivity contribution in [3.63, 3.8) is 0 Å². The van der Waals surface area contributed by atoms with Gasteiger partial charge in [0, 0.05) is 44.7 Å². The third kappa shape index (κ3) is 4.89. The first-order valence-electron chi connectivity index (χ1n) is 8.06. The summed E-state index contributed by atoms with van der Waals surface area (Å²) in [7, 11) is 1.73. The first kappa shape index (κ1) is 21.3. The minimum Gasteiger partial charge on any atom is -0.342 e. The van der Waals surface area contributed by atoms with Crippen molar-refractivity contribution in [3.8, 4) is 0 Å². The normalized spacial score (nSPS) is 16.1. The van der Waals surface area contributed by atoms with E-state index in [1.165, 1.54) is 4.90 Å². The van der Waals surface area contributed by atoms with Crippen LogP contribution in [0.25, 0.3) is 0 Å². The average molecular weight is 376 g/mol. The van der Waals surface area contributed by atoms with Gasteiger partial charge in [0.2, 0.25) is 5.91 Å². The number of likely N-dealkylation sites (tertiary alicyclic amines) is 1. The van der Waals surface area contributed by atoms with Gasteiger partial charge >= 0.3 is 0 Å². The monoisotopic (exact) mass is 375 g/mol. The smallest absolute Gasteiger partial charge is 0.256 e. The van der Waals surface area contributed by atoms with Crippen molar-refractivity contribution >= 4 is 24.2 Å². The van der Waals surface area contributed by atoms with E-state index in [1.54, 1.807) is 11.9 Å². The highest BCUT2D eigenvalue weighted by atomic mass is 35.5. The summed E-state index contributed by atoms with van der Waals surface area (Å²) in [6.07, 6.45) is 1.05. The van der Waals surface area contributed by atoms with Crippen molar-refractivity contribution in [2.75, 3.05) is 26.7 Å². The van der Waals surface area contributed by atoms with E-state index in [4.69, 9.17) is 5.73 Å². The molecule has 1 heterocycles. The molecule has 1 aromatic carbocycles. The molecule has 5 nitrogen and oxygen atoms in total. The number of nitrogens with zero attached hydrogens (tertiary/aromatic N) is 2. The van der Waals surface area contributed by atoms with Gasteiger partial charge in [0.1, 0.15) is 11.6 Å². The minimum atomic E-state index is -0.866. The van der Waals surface area contributed by atoms with E-state index in [0.29, 0.717) is 38.5 Å². The first-order chi connectivity index (χ1) is 11.3. The van der Waals surface area contributed by atoms with Gasteiger partial charge in [-0.25, -0.2) is 8.78 Å². The Morgan fingerprint density at radius 1 is 1.32 bits per heavy atom. The highest BCUT2D eigenvalue weighted by Gasteiger charge is 2.31. The standard InChI is InChI=1S/C17H23F2N3O2.ClH/c1-11(10-20)21(2)16(23)12-5-7-22(8-6-12)17(24)14-4-3-13(18)9-15(14)19;/h3-4,9,11-12H,5-8,10,20H2,1-2H3;1H. The second-order valence-electron chi connectivity index (χ2n) is 6.22. The maximum absolute atomic E-state index is 13.7. The zero-order chi connectivity index (χ0) is 17.9. The Morgan fingerprint density at radius 3 is 2.44 bits per heavy atom. The molecule has 1 aromatic rings. The van der Waals surface area contributed by atoms with Crippen LogP contribution in [0.1, 0.15) is 30.1 Å². The highest BCUT2D eigenvalue weighted by molar-refractivity contribution is 5.94. The summed E-state index contributed by atoms with van der Waals surface area (Å²) in [6, 6.07) is 2.88. The van der Waals surface area contributed by atoms with Crippen molar-refractivity contribution in [1.82, 2.24) is 9.80 Å². The molecule has 0 aromatic heterocycles. The molecule has 8 heteroatoms. The minimum absolute atomic E-state index is 0. The fourth-order valence-corrected chi connectivity index (χ4v) is 2.83. The zero-order valence-electron chi connectivity index (χ0n) is 14.4. The van der Waals surface area contributed by atoms with Gasteiger partial charge < -0.3 is 15.5 Å². The van der Waals surface area contributed by atoms with Crippen LogP contribution >= 0.6 is 12.4 Å². The van der Waals surface area contributed by atoms with Gasteiger partial charge in [-0.05, 0) is 31.9 Å². The Morgan fingerprint density at radius 2 is 1.92 bits per heavy atom. The molecule has 25 heavy (non-hydrogen) atoms. The molecule has 1 aliphatic rings. The maximum atomic E-state index is 13.7. The van der Waals surface area contributed by atoms with E-state index in [9.17, 15) is 18.4 Å². The molecule has 0 radical (unpaired) electrons. The number of hydrogen-bond donors (Lipinski definition) is 1. The highest BCUT2D eigenvalue weighted by Crippen LogP contribution is 2.22. The molecule has 1 aliphatic heterocycles. The Hall–Kier alpha value is -1.73. The van der Waals surface area contributed by atoms with E-state index in [0.717, 1.165) is 12.1 Å². The predicted molar refractivity (Wildman–Crippen MR) is 93.5 cm³/mol. The fraction of sp³-hybridized carbons (Fsp3) is 0.529. The molecular formula is C17H24ClF2N3O2. The number of rotatable bonds is 4. The third-order valence-corrected chi connectivity index (χ3v) is 4.64. The molecule has 0 spiro atoms. The summed E-state index contributed by atoms with van der Waals surface area (Å²) >= 11 is 0. The molecule has 0 bridgehead atoms. The van der Waals surface area contributed by atoms with Gasteiger partial charge in [0.15, 0.2) is 0 Å². The van der Waals surface area contributed by atoms with E-state index >= 15 is 0 Å². The van der Waals surface area contributed by atoms with E-state index < -0.39 is 17.5 Å². The van der Waals surface area contributed by atoms with Crippen molar-refractivity contribution in [2.45, 2.75) is 25.8 Å². The van der Waals surface area contributed by atoms with Gasteiger partial charge in [0.25, 0.3) is 5.91 Å². The van der Waals surface area contributed by atoms with Crippen molar-refractivity contribution < 1.29 is 18.4 Å². The third-order valence-electron chi connectivity index (χ3n) is 4.64. The van der Waals surface area contributed by atoms with Crippen LogP contribution in [0.15, 0.2) is 18.2 Å². The van der Waals surface area contributed by atoms with Crippen LogP contribution in [-0.4, -0.2) is 54.3 Å². The van der Waals surface area contributed by atoms with Crippen LogP contribution in [0.4, 0.5) is 8.78 Å². The number of nitrogens with two attached hydrogens (primary N) is 1. The van der Waals surface area contributed by atoms with Gasteiger partial charge in [-0.1, -0.05) is 0 Å². The molecule has 1 saturated heterocycles. The summed E-state index contributed by atoms with van der Waals surface area (Å²) in [6.45, 7) is 3.02. The number of carbonyl (C=O) groups excluding carboxylic acids is 2. The number of likely N-dealkylation sites (N-methyl/N-ethyl adjacent to an activating group) is 1. The average Bonchev–Trinajstić information content (AvgIpc) is 2.59. The predicted octanol–water partition coefficient (Wildman–Crippen LogP) is 2.04. The van der Waals surface area contributed by atoms with Crippen LogP contribution < -0.4 is 5.73 Å². The zero-order valence-corrected chi connectivity index (χ0v) is 15.2. The van der Waals surface area contributed by atoms with Gasteiger partial charge in [-0.2, -0.15) is 0 Å². The number of carbonyl (C=O) groups is 2. The van der Waals surface area contributed by atoms with Crippen LogP contribution in [0, 0.1) is 17.6 Å². The largest absolute Gasteiger partial charge is 0.342 e. The SMILES string of the molecule is CC(CN)N(C)C(=O)C1CCN(C(=O)c2ccc(F)cc2F)CC1.Cl. The molecule has 1 fully saturated rings. The molecule has 2 rings (SSSR count). The van der Waals surface area contributed by atoms with Gasteiger partial charge in [0.05, 0.1) is 5.56 Å². The summed E-state index contributed by atoms with van der Waals surface area (Å²) in [5, 5.41) is 0. The Labute approximate surface area is 152 Å². The molecule has 0 aliphatic carbocycles. The fourth-order valence-electron chi connectivity index (χ4n) is 2.83. The van der Waals surface area contributed by atoms with E-state index in [1.807, 2.05) is 6.92 Å². The topological polar surface area (TPSA) is 66.6 Å². The van der Waals surface area contributed by atoms with Gasteiger partial charge in [-0.3, -0.25) is 9.59 Å². The lowest BCUT2D eigenvalue weighted by atomic mass is 9.94. The lowest BCUT2D eigenvalue weighted by molar-refractivity contribution is -0.137. The van der Waals surface area contributed by atoms with Crippen LogP contribution in [0.2, 0.25) is 0 Å². The van der Waals surface area contributed by atoms with Crippen LogP contribution in [0.3, 0.4) is 0 Å². The van der Waals surface area contributed by atoms with E-state index in [2.05, 4.69) is 0 Å². The summed E-state index contributed by atoms with van der Waals surface area (Å²) in [5.74, 6) is -2.19. The molecular weight excluding hydrogens is 352 g/mol. The summed E-state index contributed by atoms with van der Waals surface area (Å²) < 4.78 is 26.7. The lowest BCUT2D eigenvalue weighted by Crippen LogP contribution is -2.47. The van der Waals surface area contributed by atoms with Crippen molar-refractivity contribution in [2.24, 2.45) is 11.7 Å². The van der Waals surface area contributed by atoms with Gasteiger partial charge in [-0.15, -0.1) is 12.4 Å². The Kier molecular flexibility index (Phi) is 7.76. The van der Waals surface area contributed by atoms with Crippen molar-refractivity contribution in [1.29, 1.82) is 0 Å². The number of piperidine rings is 1. The molecule has 0 saturated carbocycles. The number of benzene rings is 1. The molecule has 2 amide bonds. The molecule has 1 unspecified atom stereocenters. The summed E-state index contributed by atoms with van der Waals surface area (Å²) in [4.78, 5) is 27.9. The second-order valence-corrected chi connectivity index (χ2v) is 6.22. The summed E-state index contributed by atoms with van der Waals surface area (Å²) in [5.41, 5.74) is 5.44.